The predicted molar refractivity (Wildman–Crippen MR) is 126 cm³/mol. The maximum absolute atomic E-state index is 11.6. The van der Waals surface area contributed by atoms with E-state index in [1.54, 1.807) is 0 Å². The van der Waals surface area contributed by atoms with Crippen molar-refractivity contribution in [1.29, 1.82) is 0 Å². The Morgan fingerprint density at radius 3 is 1.70 bits per heavy atom. The highest BCUT2D eigenvalue weighted by molar-refractivity contribution is 5.73. The van der Waals surface area contributed by atoms with Crippen molar-refractivity contribution in [3.63, 3.8) is 0 Å². The van der Waals surface area contributed by atoms with Gasteiger partial charge in [0.1, 0.15) is 73.1 Å². The van der Waals surface area contributed by atoms with Crippen LogP contribution in [-0.4, -0.2) is 170 Å². The van der Waals surface area contributed by atoms with Crippen LogP contribution in [-0.2, 0) is 33.3 Å². The predicted octanol–water partition coefficient (Wildman–Crippen LogP) is -7.44. The Balaban J connectivity index is 2.20. The molecule has 2 amide bonds. The van der Waals surface area contributed by atoms with Gasteiger partial charge < -0.3 is 80.3 Å². The largest absolute Gasteiger partial charge is 0.394 e. The molecule has 2 unspecified atom stereocenters. The number of carbonyl (C=O) groups is 3. The first kappa shape index (κ1) is 34.3. The van der Waals surface area contributed by atoms with Crippen molar-refractivity contribution in [3.05, 3.63) is 0 Å². The lowest BCUT2D eigenvalue weighted by atomic mass is 9.96. The van der Waals surface area contributed by atoms with Gasteiger partial charge >= 0.3 is 0 Å². The van der Waals surface area contributed by atoms with Crippen LogP contribution in [0.4, 0.5) is 0 Å². The molecule has 0 saturated carbocycles. The lowest BCUT2D eigenvalue weighted by Crippen LogP contribution is -2.66. The van der Waals surface area contributed by atoms with Gasteiger partial charge in [-0.15, -0.1) is 0 Å². The first-order valence-corrected chi connectivity index (χ1v) is 12.3. The van der Waals surface area contributed by atoms with E-state index in [0.29, 0.717) is 0 Å². The Labute approximate surface area is 228 Å². The summed E-state index contributed by atoms with van der Waals surface area (Å²) < 4.78 is 21.5. The molecule has 0 radical (unpaired) electrons. The van der Waals surface area contributed by atoms with Crippen LogP contribution >= 0.6 is 0 Å². The number of hydrogen-bond donors (Lipinski definition) is 11. The minimum atomic E-state index is -2.13. The summed E-state index contributed by atoms with van der Waals surface area (Å²) in [7, 11) is 0. The second-order valence-electron chi connectivity index (χ2n) is 9.48. The lowest BCUT2D eigenvalue weighted by Gasteiger charge is -2.44. The van der Waals surface area contributed by atoms with Gasteiger partial charge in [0.25, 0.3) is 0 Å². The Bertz CT molecular complexity index is 837. The molecule has 18 nitrogen and oxygen atoms in total. The second kappa shape index (κ2) is 15.4. The normalized spacial score (nSPS) is 37.6. The molecular formula is C22H38N2O16. The number of ether oxygens (including phenoxy) is 4. The number of carbonyl (C=O) groups excluding carboxylic acids is 3. The number of amides is 2. The number of hydrogen-bond acceptors (Lipinski definition) is 16. The number of aliphatic hydroxyl groups is 9. The molecule has 11 N–H and O–H groups in total. The van der Waals surface area contributed by atoms with Crippen molar-refractivity contribution in [2.45, 2.75) is 99.6 Å². The van der Waals surface area contributed by atoms with Crippen molar-refractivity contribution in [3.8, 4) is 0 Å². The standard InChI is InChI=1S/C22H38N2O16/c1-7(28)23-13-18(35)16(33)11(4-26)38-21(13)37-6-10(31)15(32)20(9(30)3-25)40-22-14(24-8(2)29)19(36)17(34)12(5-27)39-22/h3,9-22,26-27,30-36H,4-6H2,1-2H3,(H,23,28)(H,24,29)/t9-,10+,11+,12+,13+,14+,15-,16+,17+,18+,19+,20?,21+,22?/m0/s1. The van der Waals surface area contributed by atoms with Gasteiger partial charge in [0.2, 0.25) is 11.8 Å². The van der Waals surface area contributed by atoms with E-state index in [9.17, 15) is 60.3 Å². The van der Waals surface area contributed by atoms with Crippen LogP contribution in [0.3, 0.4) is 0 Å². The molecule has 18 heteroatoms. The molecule has 2 heterocycles. The van der Waals surface area contributed by atoms with Crippen LogP contribution in [0.1, 0.15) is 13.8 Å². The molecule has 2 aliphatic heterocycles. The third kappa shape index (κ3) is 8.32. The van der Waals surface area contributed by atoms with Crippen molar-refractivity contribution in [2.24, 2.45) is 0 Å². The molecule has 0 bridgehead atoms. The lowest BCUT2D eigenvalue weighted by molar-refractivity contribution is -0.303. The highest BCUT2D eigenvalue weighted by atomic mass is 16.7. The summed E-state index contributed by atoms with van der Waals surface area (Å²) in [6.07, 6.45) is -21.0. The number of aldehydes is 1. The summed E-state index contributed by atoms with van der Waals surface area (Å²) in [5, 5.41) is 95.9. The molecule has 2 aliphatic rings. The van der Waals surface area contributed by atoms with E-state index >= 15 is 0 Å². The van der Waals surface area contributed by atoms with Gasteiger partial charge in [-0.05, 0) is 0 Å². The average molecular weight is 587 g/mol. The summed E-state index contributed by atoms with van der Waals surface area (Å²) >= 11 is 0. The van der Waals surface area contributed by atoms with Gasteiger partial charge in [-0.3, -0.25) is 9.59 Å². The van der Waals surface area contributed by atoms with Gasteiger partial charge in [-0.1, -0.05) is 0 Å². The summed E-state index contributed by atoms with van der Waals surface area (Å²) in [6, 6.07) is -2.88. The highest BCUT2D eigenvalue weighted by Crippen LogP contribution is 2.26. The maximum Gasteiger partial charge on any atom is 0.217 e. The second-order valence-corrected chi connectivity index (χ2v) is 9.48. The van der Waals surface area contributed by atoms with Crippen LogP contribution in [0.25, 0.3) is 0 Å². The topological polar surface area (TPSA) is 294 Å². The van der Waals surface area contributed by atoms with Crippen molar-refractivity contribution >= 4 is 18.1 Å². The SMILES string of the molecule is CC(=O)N[C@H]1[C@H](OC[C@@H](O)[C@H](O)C(OC2O[C@H](CO)[C@@H](O)[C@H](O)[C@H]2NC(C)=O)[C@@H](O)C=O)O[C@H](CO)[C@@H](O)[C@@H]1O. The van der Waals surface area contributed by atoms with E-state index in [2.05, 4.69) is 10.6 Å². The maximum atomic E-state index is 11.6. The Hall–Kier alpha value is -1.91. The zero-order chi connectivity index (χ0) is 30.3. The van der Waals surface area contributed by atoms with Crippen LogP contribution < -0.4 is 10.6 Å². The third-order valence-electron chi connectivity index (χ3n) is 6.43. The van der Waals surface area contributed by atoms with E-state index in [0.717, 1.165) is 13.8 Å². The smallest absolute Gasteiger partial charge is 0.217 e. The van der Waals surface area contributed by atoms with Gasteiger partial charge in [0.15, 0.2) is 18.9 Å². The van der Waals surface area contributed by atoms with E-state index < -0.39 is 117 Å². The van der Waals surface area contributed by atoms with Crippen LogP contribution in [0.2, 0.25) is 0 Å². The highest BCUT2D eigenvalue weighted by Gasteiger charge is 2.49. The number of nitrogens with one attached hydrogen (secondary N) is 2. The monoisotopic (exact) mass is 586 g/mol. The summed E-state index contributed by atoms with van der Waals surface area (Å²) in [6.45, 7) is -0.217. The Morgan fingerprint density at radius 2 is 1.27 bits per heavy atom. The minimum Gasteiger partial charge on any atom is -0.394 e. The zero-order valence-electron chi connectivity index (χ0n) is 21.7. The molecule has 0 aromatic rings. The molecule has 40 heavy (non-hydrogen) atoms. The fourth-order valence-electron chi connectivity index (χ4n) is 4.31. The van der Waals surface area contributed by atoms with Crippen molar-refractivity contribution in [1.82, 2.24) is 10.6 Å². The molecule has 0 aromatic carbocycles. The third-order valence-corrected chi connectivity index (χ3v) is 6.43. The molecule has 14 atom stereocenters. The van der Waals surface area contributed by atoms with E-state index in [1.807, 2.05) is 0 Å². The van der Waals surface area contributed by atoms with Crippen LogP contribution in [0.15, 0.2) is 0 Å². The zero-order valence-corrected chi connectivity index (χ0v) is 21.7. The van der Waals surface area contributed by atoms with Crippen molar-refractivity contribution in [2.75, 3.05) is 19.8 Å². The van der Waals surface area contributed by atoms with E-state index in [1.165, 1.54) is 0 Å². The minimum absolute atomic E-state index is 0.0485. The summed E-state index contributed by atoms with van der Waals surface area (Å²) in [5.74, 6) is -1.35. The molecule has 232 valence electrons. The van der Waals surface area contributed by atoms with Gasteiger partial charge in [0.05, 0.1) is 19.8 Å². The van der Waals surface area contributed by atoms with Crippen LogP contribution in [0, 0.1) is 0 Å². The first-order chi connectivity index (χ1) is 18.8. The fraction of sp³-hybridized carbons (Fsp3) is 0.864. The quantitative estimate of drug-likeness (QED) is 0.0893. The van der Waals surface area contributed by atoms with Gasteiger partial charge in [-0.2, -0.15) is 0 Å². The molecule has 0 aromatic heterocycles. The Kier molecular flexibility index (Phi) is 13.2. The molecule has 2 rings (SSSR count). The first-order valence-electron chi connectivity index (χ1n) is 12.3. The van der Waals surface area contributed by atoms with Crippen molar-refractivity contribution < 1.29 is 79.3 Å². The summed E-state index contributed by atoms with van der Waals surface area (Å²) in [5.41, 5.74) is 0. The van der Waals surface area contributed by atoms with E-state index in [4.69, 9.17) is 18.9 Å². The number of aliphatic hydroxyl groups excluding tert-OH is 9. The molecule has 0 spiro atoms. The Morgan fingerprint density at radius 1 is 0.825 bits per heavy atom. The summed E-state index contributed by atoms with van der Waals surface area (Å²) in [4.78, 5) is 34.6. The van der Waals surface area contributed by atoms with Crippen LogP contribution in [0.5, 0.6) is 0 Å². The fourth-order valence-corrected chi connectivity index (χ4v) is 4.31. The molecule has 2 fully saturated rings. The molecule has 2 saturated heterocycles. The number of rotatable bonds is 13. The molecule has 0 aliphatic carbocycles. The van der Waals surface area contributed by atoms with E-state index in [-0.39, 0.29) is 6.29 Å². The van der Waals surface area contributed by atoms with Gasteiger partial charge in [0, 0.05) is 13.8 Å². The molecular weight excluding hydrogens is 548 g/mol. The van der Waals surface area contributed by atoms with Gasteiger partial charge in [-0.25, -0.2) is 0 Å². The average Bonchev–Trinajstić information content (AvgIpc) is 2.91.